The molecule has 42 heavy (non-hydrogen) atoms. The standard InChI is InChI=1S/C25H26B3F4N7O2S/c1-14-8-15(9-34-25(26,27)28)2-5-21(14)39-12-16(10-35-39)22-18(24(30,31)32)11-33-23(37-22)36-20-6-7-38(13-19(20)29)42(40,41)17-3-4-17/h2,5,8,10-12,17,19-20,34H,3-4,6-7,9,13H2,1H3,(H,33,36,37)/t19-,20+/m1/s1. The predicted octanol–water partition coefficient (Wildman–Crippen LogP) is 2.18. The number of hydrogen-bond acceptors (Lipinski definition) is 7. The molecule has 216 valence electrons. The summed E-state index contributed by atoms with van der Waals surface area (Å²) >= 11 is 0. The van der Waals surface area contributed by atoms with Gasteiger partial charge in [0, 0.05) is 37.6 Å². The van der Waals surface area contributed by atoms with Crippen LogP contribution >= 0.6 is 0 Å². The van der Waals surface area contributed by atoms with Crippen molar-refractivity contribution >= 4 is 39.5 Å². The molecular formula is C25H26B3F4N7O2S. The molecule has 17 heteroatoms. The fraction of sp³-hybridized carbons (Fsp3) is 0.480. The number of hydrogen-bond donors (Lipinski definition) is 2. The number of benzene rings is 1. The lowest BCUT2D eigenvalue weighted by molar-refractivity contribution is -0.137. The smallest absolute Gasteiger partial charge is 0.348 e. The molecule has 2 atom stereocenters. The molecule has 0 amide bonds. The van der Waals surface area contributed by atoms with Gasteiger partial charge >= 0.3 is 6.18 Å². The molecule has 1 aromatic carbocycles. The van der Waals surface area contributed by atoms with Crippen molar-refractivity contribution in [2.75, 3.05) is 18.4 Å². The lowest BCUT2D eigenvalue weighted by Gasteiger charge is -2.34. The Balaban J connectivity index is 1.36. The number of sulfonamides is 1. The van der Waals surface area contributed by atoms with Crippen LogP contribution in [0.15, 0.2) is 36.8 Å². The van der Waals surface area contributed by atoms with Gasteiger partial charge in [-0.15, -0.1) is 0 Å². The van der Waals surface area contributed by atoms with Gasteiger partial charge in [0.1, 0.15) is 11.7 Å². The van der Waals surface area contributed by atoms with E-state index in [0.717, 1.165) is 15.4 Å². The number of anilines is 1. The van der Waals surface area contributed by atoms with Crippen LogP contribution in [0.5, 0.6) is 0 Å². The Hall–Kier alpha value is -2.91. The molecule has 6 radical (unpaired) electrons. The highest BCUT2D eigenvalue weighted by atomic mass is 32.2. The first-order chi connectivity index (χ1) is 19.6. The van der Waals surface area contributed by atoms with Gasteiger partial charge in [0.05, 0.1) is 52.4 Å². The van der Waals surface area contributed by atoms with E-state index in [1.165, 1.54) is 17.1 Å². The summed E-state index contributed by atoms with van der Waals surface area (Å²) in [7, 11) is 13.1. The predicted molar refractivity (Wildman–Crippen MR) is 152 cm³/mol. The molecule has 0 spiro atoms. The second kappa shape index (κ2) is 11.3. The van der Waals surface area contributed by atoms with Gasteiger partial charge in [0.25, 0.3) is 0 Å². The van der Waals surface area contributed by atoms with E-state index < -0.39 is 50.2 Å². The number of aryl methyl sites for hydroxylation is 1. The van der Waals surface area contributed by atoms with E-state index in [4.69, 9.17) is 23.5 Å². The van der Waals surface area contributed by atoms with Gasteiger partial charge in [0.2, 0.25) is 16.0 Å². The third-order valence-electron chi connectivity index (χ3n) is 7.18. The van der Waals surface area contributed by atoms with Crippen molar-refractivity contribution in [2.45, 2.75) is 61.6 Å². The highest BCUT2D eigenvalue weighted by Gasteiger charge is 2.44. The highest BCUT2D eigenvalue weighted by molar-refractivity contribution is 7.90. The maximum Gasteiger partial charge on any atom is 0.419 e. The molecule has 2 aliphatic rings. The molecule has 9 nitrogen and oxygen atoms in total. The summed E-state index contributed by atoms with van der Waals surface area (Å²) in [6.45, 7) is 1.85. The molecule has 2 fully saturated rings. The van der Waals surface area contributed by atoms with Crippen LogP contribution in [-0.2, 0) is 22.7 Å². The number of piperidine rings is 1. The van der Waals surface area contributed by atoms with E-state index in [0.29, 0.717) is 24.7 Å². The molecule has 2 aromatic heterocycles. The molecular weight excluding hydrogens is 571 g/mol. The van der Waals surface area contributed by atoms with Crippen LogP contribution in [0.25, 0.3) is 16.9 Å². The number of nitrogens with zero attached hydrogens (tertiary/aromatic N) is 5. The topological polar surface area (TPSA) is 105 Å². The Morgan fingerprint density at radius 2 is 1.86 bits per heavy atom. The SMILES string of the molecule is [B]C([B])([B])NCc1ccc(-n2cc(-c3nc(N[C@H]4CCN(S(=O)(=O)C5CC5)C[C@H]4F)ncc3C(F)(F)F)cn2)c(C)c1. The summed E-state index contributed by atoms with van der Waals surface area (Å²) in [5.74, 6) is -0.208. The molecule has 5 rings (SSSR count). The number of rotatable bonds is 9. The van der Waals surface area contributed by atoms with E-state index in [2.05, 4.69) is 25.7 Å². The van der Waals surface area contributed by atoms with Gasteiger partial charge < -0.3 is 10.6 Å². The van der Waals surface area contributed by atoms with Crippen LogP contribution in [0.2, 0.25) is 0 Å². The van der Waals surface area contributed by atoms with Crippen LogP contribution in [0.3, 0.4) is 0 Å². The van der Waals surface area contributed by atoms with Crippen LogP contribution < -0.4 is 10.6 Å². The maximum absolute atomic E-state index is 15.0. The number of alkyl halides is 4. The second-order valence-corrected chi connectivity index (χ2v) is 12.9. The Labute approximate surface area is 245 Å². The summed E-state index contributed by atoms with van der Waals surface area (Å²) in [5.41, 5.74) is 0.756. The highest BCUT2D eigenvalue weighted by Crippen LogP contribution is 2.37. The average molecular weight is 597 g/mol. The fourth-order valence-corrected chi connectivity index (χ4v) is 6.67. The van der Waals surface area contributed by atoms with Gasteiger partial charge in [-0.1, -0.05) is 17.4 Å². The minimum absolute atomic E-state index is 0.0687. The van der Waals surface area contributed by atoms with E-state index in [-0.39, 0.29) is 37.6 Å². The number of halogens is 4. The van der Waals surface area contributed by atoms with Crippen molar-refractivity contribution < 1.29 is 26.0 Å². The number of aromatic nitrogens is 4. The van der Waals surface area contributed by atoms with Gasteiger partial charge in [-0.2, -0.15) is 22.6 Å². The lowest BCUT2D eigenvalue weighted by atomic mass is 9.49. The molecule has 1 aliphatic heterocycles. The first-order valence-electron chi connectivity index (χ1n) is 13.2. The summed E-state index contributed by atoms with van der Waals surface area (Å²) in [4.78, 5) is 7.89. The van der Waals surface area contributed by atoms with E-state index in [9.17, 15) is 21.6 Å². The monoisotopic (exact) mass is 597 g/mol. The van der Waals surface area contributed by atoms with E-state index >= 15 is 4.39 Å². The molecule has 1 saturated heterocycles. The Morgan fingerprint density at radius 3 is 2.48 bits per heavy atom. The van der Waals surface area contributed by atoms with Gasteiger partial charge in [-0.25, -0.2) is 27.5 Å². The van der Waals surface area contributed by atoms with Crippen LogP contribution in [0, 0.1) is 6.92 Å². The maximum atomic E-state index is 15.0. The summed E-state index contributed by atoms with van der Waals surface area (Å²) < 4.78 is 84.3. The van der Waals surface area contributed by atoms with E-state index in [1.54, 1.807) is 12.1 Å². The molecule has 1 saturated carbocycles. The molecule has 3 aromatic rings. The lowest BCUT2D eigenvalue weighted by Crippen LogP contribution is -2.50. The average Bonchev–Trinajstić information content (AvgIpc) is 3.66. The Morgan fingerprint density at radius 1 is 1.12 bits per heavy atom. The van der Waals surface area contributed by atoms with E-state index in [1.807, 2.05) is 13.0 Å². The minimum Gasteiger partial charge on any atom is -0.348 e. The molecule has 3 heterocycles. The first-order valence-corrected chi connectivity index (χ1v) is 14.7. The van der Waals surface area contributed by atoms with Crippen molar-refractivity contribution in [3.8, 4) is 16.9 Å². The van der Waals surface area contributed by atoms with Crippen molar-refractivity contribution in [1.29, 1.82) is 0 Å². The molecule has 0 unspecified atom stereocenters. The zero-order chi connectivity index (χ0) is 30.4. The zero-order valence-corrected chi connectivity index (χ0v) is 23.5. The summed E-state index contributed by atoms with van der Waals surface area (Å²) in [6.07, 6.45) is -1.82. The Bertz CT molecular complexity index is 1560. The Kier molecular flexibility index (Phi) is 8.22. The molecule has 0 bridgehead atoms. The third kappa shape index (κ3) is 6.83. The van der Waals surface area contributed by atoms with Gasteiger partial charge in [-0.3, -0.25) is 0 Å². The second-order valence-electron chi connectivity index (χ2n) is 10.7. The summed E-state index contributed by atoms with van der Waals surface area (Å²) in [6, 6.07) is 4.47. The van der Waals surface area contributed by atoms with Crippen molar-refractivity contribution in [1.82, 2.24) is 29.4 Å². The van der Waals surface area contributed by atoms with Crippen LogP contribution in [-0.4, -0.2) is 91.8 Å². The molecule has 2 N–H and O–H groups in total. The van der Waals surface area contributed by atoms with Crippen LogP contribution in [0.1, 0.15) is 36.0 Å². The fourth-order valence-electron chi connectivity index (χ4n) is 4.81. The van der Waals surface area contributed by atoms with Crippen LogP contribution in [0.4, 0.5) is 23.5 Å². The van der Waals surface area contributed by atoms with Gasteiger partial charge in [0.15, 0.2) is 0 Å². The van der Waals surface area contributed by atoms with Crippen molar-refractivity contribution in [2.24, 2.45) is 0 Å². The zero-order valence-electron chi connectivity index (χ0n) is 22.6. The normalized spacial score (nSPS) is 20.5. The quantitative estimate of drug-likeness (QED) is 0.288. The molecule has 1 aliphatic carbocycles. The number of nitrogens with one attached hydrogen (secondary N) is 2. The summed E-state index contributed by atoms with van der Waals surface area (Å²) in [5, 5.41) is 7.76. The van der Waals surface area contributed by atoms with Crippen molar-refractivity contribution in [3.05, 3.63) is 53.5 Å². The van der Waals surface area contributed by atoms with Gasteiger partial charge in [-0.05, 0) is 43.4 Å². The third-order valence-corrected chi connectivity index (χ3v) is 9.55. The largest absolute Gasteiger partial charge is 0.419 e. The minimum atomic E-state index is -4.77. The first kappa shape index (κ1) is 30.5. The van der Waals surface area contributed by atoms with Crippen molar-refractivity contribution in [3.63, 3.8) is 0 Å².